The number of hydrogen-bond donors (Lipinski definition) is 0. The van der Waals surface area contributed by atoms with E-state index in [2.05, 4.69) is 4.18 Å². The minimum absolute atomic E-state index is 0.0654. The van der Waals surface area contributed by atoms with Crippen molar-refractivity contribution in [2.24, 2.45) is 0 Å². The maximum Gasteiger partial charge on any atom is 0.264 e. The molecule has 1 heterocycles. The van der Waals surface area contributed by atoms with Crippen LogP contribution in [0.25, 0.3) is 0 Å². The van der Waals surface area contributed by atoms with Crippen molar-refractivity contribution in [1.29, 1.82) is 0 Å². The maximum atomic E-state index is 10.6. The molecule has 1 unspecified atom stereocenters. The van der Waals surface area contributed by atoms with Gasteiger partial charge in [0.05, 0.1) is 19.5 Å². The summed E-state index contributed by atoms with van der Waals surface area (Å²) in [5.74, 6) is 0. The van der Waals surface area contributed by atoms with Crippen LogP contribution in [0.5, 0.6) is 0 Å². The molecule has 1 atom stereocenters. The monoisotopic (exact) mass is 264 g/mol. The molecule has 1 aliphatic rings. The van der Waals surface area contributed by atoms with E-state index in [9.17, 15) is 8.42 Å². The molecular formula is C11H20O5S. The van der Waals surface area contributed by atoms with Gasteiger partial charge in [0.1, 0.15) is 0 Å². The molecule has 5 nitrogen and oxygen atoms in total. The van der Waals surface area contributed by atoms with Crippen LogP contribution in [-0.4, -0.2) is 40.8 Å². The fraction of sp³-hybridized carbons (Fsp3) is 0.818. The van der Waals surface area contributed by atoms with Crippen molar-refractivity contribution in [1.82, 2.24) is 0 Å². The van der Waals surface area contributed by atoms with Gasteiger partial charge in [-0.05, 0) is 25.7 Å². The first kappa shape index (κ1) is 14.6. The van der Waals surface area contributed by atoms with Crippen molar-refractivity contribution in [3.05, 3.63) is 12.2 Å². The van der Waals surface area contributed by atoms with Crippen LogP contribution < -0.4 is 0 Å². The molecule has 0 radical (unpaired) electrons. The van der Waals surface area contributed by atoms with Gasteiger partial charge in [-0.25, -0.2) is 0 Å². The Morgan fingerprint density at radius 2 is 2.18 bits per heavy atom. The standard InChI is InChI=1S/C11H20O5S/c1-17(12,13)16-10-5-2-4-8-14-11-7-3-6-9-15-11/h2,5,11H,3-4,6-10H2,1H3. The molecule has 0 aromatic heterocycles. The van der Waals surface area contributed by atoms with Crippen LogP contribution in [0.15, 0.2) is 12.2 Å². The second-order valence-electron chi connectivity index (χ2n) is 3.92. The molecule has 17 heavy (non-hydrogen) atoms. The first-order valence-electron chi connectivity index (χ1n) is 5.80. The first-order valence-corrected chi connectivity index (χ1v) is 7.62. The summed E-state index contributed by atoms with van der Waals surface area (Å²) >= 11 is 0. The highest BCUT2D eigenvalue weighted by Gasteiger charge is 2.12. The zero-order valence-electron chi connectivity index (χ0n) is 10.1. The van der Waals surface area contributed by atoms with Crippen LogP contribution >= 0.6 is 0 Å². The lowest BCUT2D eigenvalue weighted by Crippen LogP contribution is -2.22. The molecule has 0 aliphatic carbocycles. The van der Waals surface area contributed by atoms with Crippen molar-refractivity contribution in [3.63, 3.8) is 0 Å². The second-order valence-corrected chi connectivity index (χ2v) is 5.56. The summed E-state index contributed by atoms with van der Waals surface area (Å²) in [4.78, 5) is 0. The molecule has 1 fully saturated rings. The predicted molar refractivity (Wildman–Crippen MR) is 64.1 cm³/mol. The molecule has 1 rings (SSSR count). The lowest BCUT2D eigenvalue weighted by atomic mass is 10.2. The molecule has 0 aromatic carbocycles. The van der Waals surface area contributed by atoms with E-state index in [-0.39, 0.29) is 12.9 Å². The fourth-order valence-electron chi connectivity index (χ4n) is 1.46. The predicted octanol–water partition coefficient (Wildman–Crippen LogP) is 1.45. The van der Waals surface area contributed by atoms with Crippen LogP contribution in [-0.2, 0) is 23.8 Å². The summed E-state index contributed by atoms with van der Waals surface area (Å²) in [6, 6.07) is 0. The third-order valence-corrected chi connectivity index (χ3v) is 2.84. The molecule has 0 bridgehead atoms. The zero-order valence-corrected chi connectivity index (χ0v) is 10.9. The number of ether oxygens (including phenoxy) is 2. The lowest BCUT2D eigenvalue weighted by Gasteiger charge is -2.22. The summed E-state index contributed by atoms with van der Waals surface area (Å²) in [7, 11) is -3.34. The van der Waals surface area contributed by atoms with Crippen LogP contribution in [0.2, 0.25) is 0 Å². The third kappa shape index (κ3) is 8.31. The Balaban J connectivity index is 1.98. The van der Waals surface area contributed by atoms with Gasteiger partial charge in [0.15, 0.2) is 6.29 Å². The van der Waals surface area contributed by atoms with E-state index in [4.69, 9.17) is 9.47 Å². The van der Waals surface area contributed by atoms with E-state index in [1.165, 1.54) is 0 Å². The molecule has 6 heteroatoms. The molecule has 0 N–H and O–H groups in total. The molecule has 1 aliphatic heterocycles. The second kappa shape index (κ2) is 7.81. The highest BCUT2D eigenvalue weighted by atomic mass is 32.2. The summed E-state index contributed by atoms with van der Waals surface area (Å²) in [5, 5.41) is 0. The molecule has 0 saturated carbocycles. The van der Waals surface area contributed by atoms with Gasteiger partial charge < -0.3 is 9.47 Å². The van der Waals surface area contributed by atoms with E-state index in [1.54, 1.807) is 6.08 Å². The topological polar surface area (TPSA) is 61.8 Å². The third-order valence-electron chi connectivity index (χ3n) is 2.27. The Morgan fingerprint density at radius 1 is 1.35 bits per heavy atom. The van der Waals surface area contributed by atoms with Gasteiger partial charge in [0, 0.05) is 6.61 Å². The van der Waals surface area contributed by atoms with E-state index >= 15 is 0 Å². The highest BCUT2D eigenvalue weighted by molar-refractivity contribution is 7.85. The molecule has 1 saturated heterocycles. The lowest BCUT2D eigenvalue weighted by molar-refractivity contribution is -0.161. The molecule has 0 amide bonds. The fourth-order valence-corrected chi connectivity index (χ4v) is 1.78. The van der Waals surface area contributed by atoms with Gasteiger partial charge in [-0.2, -0.15) is 8.42 Å². The normalized spacial score (nSPS) is 22.1. The van der Waals surface area contributed by atoms with E-state index in [0.29, 0.717) is 6.61 Å². The zero-order chi connectivity index (χ0) is 12.6. The average molecular weight is 264 g/mol. The summed E-state index contributed by atoms with van der Waals surface area (Å²) in [6.45, 7) is 1.45. The van der Waals surface area contributed by atoms with Gasteiger partial charge in [0.2, 0.25) is 0 Å². The number of rotatable bonds is 7. The van der Waals surface area contributed by atoms with Crippen LogP contribution in [0.4, 0.5) is 0 Å². The Labute approximate surface area is 103 Å². The van der Waals surface area contributed by atoms with Crippen molar-refractivity contribution in [2.75, 3.05) is 26.1 Å². The van der Waals surface area contributed by atoms with Gasteiger partial charge in [-0.3, -0.25) is 4.18 Å². The summed E-state index contributed by atoms with van der Waals surface area (Å²) in [5.41, 5.74) is 0. The van der Waals surface area contributed by atoms with Gasteiger partial charge in [-0.1, -0.05) is 12.2 Å². The van der Waals surface area contributed by atoms with Crippen LogP contribution in [0, 0.1) is 0 Å². The Bertz CT molecular complexity index is 317. The van der Waals surface area contributed by atoms with Gasteiger partial charge in [-0.15, -0.1) is 0 Å². The first-order chi connectivity index (χ1) is 8.08. The van der Waals surface area contributed by atoms with Crippen molar-refractivity contribution in [3.8, 4) is 0 Å². The minimum atomic E-state index is -3.34. The summed E-state index contributed by atoms with van der Waals surface area (Å²) < 4.78 is 36.7. The Morgan fingerprint density at radius 3 is 2.82 bits per heavy atom. The molecule has 100 valence electrons. The number of hydrogen-bond acceptors (Lipinski definition) is 5. The van der Waals surface area contributed by atoms with Crippen molar-refractivity contribution < 1.29 is 22.1 Å². The van der Waals surface area contributed by atoms with E-state index < -0.39 is 10.1 Å². The average Bonchev–Trinajstić information content (AvgIpc) is 2.28. The molecular weight excluding hydrogens is 244 g/mol. The van der Waals surface area contributed by atoms with E-state index in [1.807, 2.05) is 6.08 Å². The quantitative estimate of drug-likeness (QED) is 0.396. The van der Waals surface area contributed by atoms with Crippen molar-refractivity contribution in [2.45, 2.75) is 32.0 Å². The van der Waals surface area contributed by atoms with Gasteiger partial charge >= 0.3 is 0 Å². The van der Waals surface area contributed by atoms with Crippen LogP contribution in [0.1, 0.15) is 25.7 Å². The van der Waals surface area contributed by atoms with Gasteiger partial charge in [0.25, 0.3) is 10.1 Å². The largest absolute Gasteiger partial charge is 0.353 e. The Kier molecular flexibility index (Phi) is 6.72. The SMILES string of the molecule is CS(=O)(=O)OCC=CCCOC1CCCCO1. The van der Waals surface area contributed by atoms with E-state index in [0.717, 1.165) is 38.5 Å². The maximum absolute atomic E-state index is 10.6. The Hall–Kier alpha value is -0.430. The minimum Gasteiger partial charge on any atom is -0.353 e. The summed E-state index contributed by atoms with van der Waals surface area (Å²) in [6.07, 6.45) is 8.44. The highest BCUT2D eigenvalue weighted by Crippen LogP contribution is 2.13. The molecule has 0 spiro atoms. The van der Waals surface area contributed by atoms with Crippen molar-refractivity contribution >= 4 is 10.1 Å². The smallest absolute Gasteiger partial charge is 0.264 e. The van der Waals surface area contributed by atoms with Crippen LogP contribution in [0.3, 0.4) is 0 Å². The molecule has 0 aromatic rings.